The Kier molecular flexibility index (Phi) is 11.7. The van der Waals surface area contributed by atoms with Crippen LogP contribution in [0, 0.1) is 10.1 Å². The Morgan fingerprint density at radius 1 is 1.06 bits per heavy atom. The second kappa shape index (κ2) is 14.7. The summed E-state index contributed by atoms with van der Waals surface area (Å²) in [6, 6.07) is 14.0. The largest absolute Gasteiger partial charge is 0.494 e. The van der Waals surface area contributed by atoms with E-state index in [1.807, 2.05) is 35.2 Å². The van der Waals surface area contributed by atoms with Gasteiger partial charge in [-0.1, -0.05) is 30.3 Å². The van der Waals surface area contributed by atoms with Gasteiger partial charge in [-0.25, -0.2) is 0 Å². The zero-order valence-corrected chi connectivity index (χ0v) is 20.4. The molecule has 0 fully saturated rings. The summed E-state index contributed by atoms with van der Waals surface area (Å²) in [5.74, 6) is 0.141. The van der Waals surface area contributed by atoms with Crippen molar-refractivity contribution in [2.75, 3.05) is 19.8 Å². The quantitative estimate of drug-likeness (QED) is 0.169. The average molecular weight is 487 g/mol. The summed E-state index contributed by atoms with van der Waals surface area (Å²) in [5, 5.41) is 20.9. The predicted octanol–water partition coefficient (Wildman–Crippen LogP) is 4.57. The molecule has 1 unspecified atom stereocenters. The van der Waals surface area contributed by atoms with Crippen molar-refractivity contribution >= 4 is 17.6 Å². The number of aliphatic hydroxyl groups excluding tert-OH is 1. The number of nitro benzene ring substituents is 1. The van der Waals surface area contributed by atoms with Gasteiger partial charge in [0.15, 0.2) is 0 Å². The van der Waals surface area contributed by atoms with E-state index in [1.54, 1.807) is 0 Å². The average Bonchev–Trinajstić information content (AvgIpc) is 2.83. The lowest BCUT2D eigenvalue weighted by Crippen LogP contribution is -2.31. The van der Waals surface area contributed by atoms with Gasteiger partial charge in [0.05, 0.1) is 29.8 Å². The molecule has 0 aliphatic heterocycles. The molecule has 9 heteroatoms. The minimum atomic E-state index is -0.999. The second-order valence-corrected chi connectivity index (χ2v) is 8.31. The van der Waals surface area contributed by atoms with Crippen molar-refractivity contribution < 1.29 is 29.1 Å². The molecule has 2 aromatic rings. The highest BCUT2D eigenvalue weighted by atomic mass is 16.6. The lowest BCUT2D eigenvalue weighted by Gasteiger charge is -2.23. The number of ether oxygens (including phenoxy) is 2. The molecule has 9 nitrogen and oxygen atoms in total. The van der Waals surface area contributed by atoms with Gasteiger partial charge in [-0.15, -0.1) is 0 Å². The predicted molar refractivity (Wildman–Crippen MR) is 131 cm³/mol. The van der Waals surface area contributed by atoms with Crippen LogP contribution >= 0.6 is 0 Å². The molecule has 0 saturated carbocycles. The first-order valence-corrected chi connectivity index (χ1v) is 11.8. The van der Waals surface area contributed by atoms with Crippen LogP contribution in [0.25, 0.3) is 0 Å². The molecule has 2 aromatic carbocycles. The highest BCUT2D eigenvalue weighted by Crippen LogP contribution is 2.29. The van der Waals surface area contributed by atoms with E-state index in [0.717, 1.165) is 24.8 Å². The summed E-state index contributed by atoms with van der Waals surface area (Å²) in [7, 11) is 0. The molecule has 190 valence electrons. The lowest BCUT2D eigenvalue weighted by atomic mass is 10.1. The molecule has 0 radical (unpaired) electrons. The number of hydrogen-bond acceptors (Lipinski definition) is 7. The number of carbonyl (C=O) groups excluding carboxylic acids is 2. The van der Waals surface area contributed by atoms with E-state index in [2.05, 4.69) is 0 Å². The standard InChI is InChI=1S/C26H34N2O7/c1-20(29)24-18-23(13-14-25(24)28(32)33)35-17-9-12-26(31)27(19-22-10-5-3-6-11-22)15-7-4-8-16-34-21(2)30/h3,5-6,10-11,13-14,18,20,29H,4,7-9,12,15-17,19H2,1-2H3. The second-order valence-electron chi connectivity index (χ2n) is 8.31. The zero-order valence-electron chi connectivity index (χ0n) is 20.4. The molecule has 0 aliphatic carbocycles. The van der Waals surface area contributed by atoms with E-state index >= 15 is 0 Å². The Morgan fingerprint density at radius 2 is 1.80 bits per heavy atom. The monoisotopic (exact) mass is 486 g/mol. The number of aliphatic hydroxyl groups is 1. The van der Waals surface area contributed by atoms with Gasteiger partial charge in [-0.05, 0) is 50.3 Å². The molecule has 0 aliphatic rings. The van der Waals surface area contributed by atoms with Gasteiger partial charge in [0.1, 0.15) is 5.75 Å². The van der Waals surface area contributed by atoms with Crippen molar-refractivity contribution in [2.24, 2.45) is 0 Å². The van der Waals surface area contributed by atoms with Crippen LogP contribution in [0.1, 0.15) is 63.2 Å². The molecule has 35 heavy (non-hydrogen) atoms. The topological polar surface area (TPSA) is 119 Å². The fraction of sp³-hybridized carbons (Fsp3) is 0.462. The molecule has 1 amide bonds. The van der Waals surface area contributed by atoms with E-state index in [4.69, 9.17) is 9.47 Å². The van der Waals surface area contributed by atoms with Gasteiger partial charge < -0.3 is 19.5 Å². The Balaban J connectivity index is 1.86. The van der Waals surface area contributed by atoms with E-state index in [-0.39, 0.29) is 29.7 Å². The maximum absolute atomic E-state index is 12.9. The van der Waals surface area contributed by atoms with Crippen molar-refractivity contribution in [3.8, 4) is 5.75 Å². The normalized spacial score (nSPS) is 11.5. The van der Waals surface area contributed by atoms with Gasteiger partial charge >= 0.3 is 5.97 Å². The summed E-state index contributed by atoms with van der Waals surface area (Å²) in [6.45, 7) is 4.63. The summed E-state index contributed by atoms with van der Waals surface area (Å²) < 4.78 is 10.6. The van der Waals surface area contributed by atoms with Crippen molar-refractivity contribution in [3.05, 3.63) is 69.8 Å². The van der Waals surface area contributed by atoms with Crippen LogP contribution in [0.15, 0.2) is 48.5 Å². The number of carbonyl (C=O) groups is 2. The Morgan fingerprint density at radius 3 is 2.46 bits per heavy atom. The summed E-state index contributed by atoms with van der Waals surface area (Å²) in [5.41, 5.74) is 1.08. The maximum atomic E-state index is 12.9. The van der Waals surface area contributed by atoms with Crippen LogP contribution in [-0.4, -0.2) is 46.6 Å². The number of amides is 1. The van der Waals surface area contributed by atoms with Gasteiger partial charge in [0, 0.05) is 32.5 Å². The van der Waals surface area contributed by atoms with Crippen molar-refractivity contribution in [1.82, 2.24) is 4.90 Å². The number of nitrogens with zero attached hydrogens (tertiary/aromatic N) is 2. The van der Waals surface area contributed by atoms with Crippen LogP contribution in [0.3, 0.4) is 0 Å². The smallest absolute Gasteiger partial charge is 0.302 e. The summed E-state index contributed by atoms with van der Waals surface area (Å²) in [6.07, 6.45) is 2.20. The first-order valence-electron chi connectivity index (χ1n) is 11.8. The molecular weight excluding hydrogens is 452 g/mol. The number of esters is 1. The highest BCUT2D eigenvalue weighted by molar-refractivity contribution is 5.76. The minimum absolute atomic E-state index is 0.0193. The van der Waals surface area contributed by atoms with Gasteiger partial charge in [0.25, 0.3) is 5.69 Å². The number of benzene rings is 2. The van der Waals surface area contributed by atoms with Crippen molar-refractivity contribution in [2.45, 2.75) is 58.6 Å². The Bertz CT molecular complexity index is 963. The SMILES string of the molecule is CC(=O)OCCCCCN(Cc1ccccc1)C(=O)CCCOc1ccc([N+](=O)[O-])c(C(C)O)c1. The third-order valence-electron chi connectivity index (χ3n) is 5.40. The van der Waals surface area contributed by atoms with Crippen molar-refractivity contribution in [3.63, 3.8) is 0 Å². The van der Waals surface area contributed by atoms with E-state index in [9.17, 15) is 24.8 Å². The first kappa shape index (κ1) is 27.8. The molecule has 0 heterocycles. The maximum Gasteiger partial charge on any atom is 0.302 e. The molecule has 0 saturated heterocycles. The Labute approximate surface area is 205 Å². The first-order chi connectivity index (χ1) is 16.8. The lowest BCUT2D eigenvalue weighted by molar-refractivity contribution is -0.386. The number of rotatable bonds is 15. The van der Waals surface area contributed by atoms with Gasteiger partial charge in [0.2, 0.25) is 5.91 Å². The van der Waals surface area contributed by atoms with Crippen LogP contribution in [0.5, 0.6) is 5.75 Å². The number of unbranched alkanes of at least 4 members (excludes halogenated alkanes) is 2. The molecule has 2 rings (SSSR count). The molecule has 0 aromatic heterocycles. The minimum Gasteiger partial charge on any atom is -0.494 e. The molecular formula is C26H34N2O7. The van der Waals surface area contributed by atoms with Crippen LogP contribution in [-0.2, 0) is 20.9 Å². The molecule has 0 bridgehead atoms. The third-order valence-corrected chi connectivity index (χ3v) is 5.40. The van der Waals surface area contributed by atoms with Gasteiger partial charge in [-0.3, -0.25) is 19.7 Å². The van der Waals surface area contributed by atoms with Crippen LogP contribution in [0.2, 0.25) is 0 Å². The van der Waals surface area contributed by atoms with E-state index in [0.29, 0.717) is 38.3 Å². The van der Waals surface area contributed by atoms with Crippen LogP contribution in [0.4, 0.5) is 5.69 Å². The molecule has 1 atom stereocenters. The summed E-state index contributed by atoms with van der Waals surface area (Å²) in [4.78, 5) is 36.2. The fourth-order valence-corrected chi connectivity index (χ4v) is 3.59. The van der Waals surface area contributed by atoms with Crippen LogP contribution < -0.4 is 4.74 Å². The zero-order chi connectivity index (χ0) is 25.6. The number of nitro groups is 1. The highest BCUT2D eigenvalue weighted by Gasteiger charge is 2.19. The Hall–Kier alpha value is -3.46. The van der Waals surface area contributed by atoms with E-state index < -0.39 is 11.0 Å². The third kappa shape index (κ3) is 10.1. The fourth-order valence-electron chi connectivity index (χ4n) is 3.59. The molecule has 0 spiro atoms. The van der Waals surface area contributed by atoms with Crippen molar-refractivity contribution in [1.29, 1.82) is 0 Å². The van der Waals surface area contributed by atoms with E-state index in [1.165, 1.54) is 32.0 Å². The molecule has 1 N–H and O–H groups in total. The summed E-state index contributed by atoms with van der Waals surface area (Å²) >= 11 is 0. The number of hydrogen-bond donors (Lipinski definition) is 1. The van der Waals surface area contributed by atoms with Gasteiger partial charge in [-0.2, -0.15) is 0 Å².